The minimum absolute atomic E-state index is 0.00936. The molecule has 0 saturated heterocycles. The van der Waals surface area contributed by atoms with Crippen molar-refractivity contribution in [1.29, 1.82) is 0 Å². The van der Waals surface area contributed by atoms with Crippen LogP contribution in [0.15, 0.2) is 18.2 Å². The second-order valence-corrected chi connectivity index (χ2v) is 7.96. The quantitative estimate of drug-likeness (QED) is 0.651. The summed E-state index contributed by atoms with van der Waals surface area (Å²) in [5, 5.41) is 5.98. The number of carbonyl (C=O) groups is 3. The number of primary amides is 1. The van der Waals surface area contributed by atoms with Gasteiger partial charge in [-0.2, -0.15) is 0 Å². The highest BCUT2D eigenvalue weighted by molar-refractivity contribution is 7.17. The van der Waals surface area contributed by atoms with Crippen LogP contribution in [-0.2, 0) is 22.4 Å². The van der Waals surface area contributed by atoms with Crippen molar-refractivity contribution in [2.24, 2.45) is 5.73 Å². The van der Waals surface area contributed by atoms with E-state index in [1.165, 1.54) is 11.3 Å². The van der Waals surface area contributed by atoms with E-state index in [2.05, 4.69) is 15.6 Å². The van der Waals surface area contributed by atoms with Crippen molar-refractivity contribution in [3.63, 3.8) is 0 Å². The number of nitrogens with zero attached hydrogens (tertiary/aromatic N) is 2. The molecule has 0 bridgehead atoms. The second-order valence-electron chi connectivity index (χ2n) is 6.86. The molecular weight excluding hydrogens is 378 g/mol. The Labute approximate surface area is 167 Å². The van der Waals surface area contributed by atoms with Gasteiger partial charge in [0.1, 0.15) is 10.8 Å². The van der Waals surface area contributed by atoms with E-state index in [1.807, 2.05) is 19.1 Å². The lowest BCUT2D eigenvalue weighted by molar-refractivity contribution is -0.119. The van der Waals surface area contributed by atoms with Crippen molar-refractivity contribution in [3.05, 3.63) is 39.9 Å². The summed E-state index contributed by atoms with van der Waals surface area (Å²) in [6.45, 7) is 1.88. The normalized spacial score (nSPS) is 12.7. The summed E-state index contributed by atoms with van der Waals surface area (Å²) in [5.41, 5.74) is 7.70. The fraction of sp³-hybridized carbons (Fsp3) is 0.368. The van der Waals surface area contributed by atoms with Crippen LogP contribution in [0, 0.1) is 6.92 Å². The Morgan fingerprint density at radius 1 is 1.18 bits per heavy atom. The van der Waals surface area contributed by atoms with Crippen LogP contribution in [0.25, 0.3) is 0 Å². The monoisotopic (exact) mass is 401 g/mol. The van der Waals surface area contributed by atoms with E-state index in [1.54, 1.807) is 18.0 Å². The molecule has 9 heteroatoms. The molecule has 0 aliphatic heterocycles. The number of carbonyl (C=O) groups excluding carboxylic acids is 3. The van der Waals surface area contributed by atoms with Crippen LogP contribution in [0.4, 0.5) is 10.8 Å². The predicted octanol–water partition coefficient (Wildman–Crippen LogP) is 1.55. The molecule has 0 saturated carbocycles. The van der Waals surface area contributed by atoms with E-state index in [4.69, 9.17) is 5.73 Å². The molecule has 4 N–H and O–H groups in total. The van der Waals surface area contributed by atoms with Gasteiger partial charge in [-0.1, -0.05) is 6.07 Å². The average molecular weight is 401 g/mol. The molecule has 0 unspecified atom stereocenters. The fourth-order valence-electron chi connectivity index (χ4n) is 3.26. The molecule has 2 aromatic rings. The number of nitrogens with two attached hydrogens (primary N) is 1. The summed E-state index contributed by atoms with van der Waals surface area (Å²) in [6.07, 6.45) is 2.72. The van der Waals surface area contributed by atoms with Crippen molar-refractivity contribution < 1.29 is 14.4 Å². The van der Waals surface area contributed by atoms with Crippen molar-refractivity contribution >= 4 is 39.9 Å². The summed E-state index contributed by atoms with van der Waals surface area (Å²) >= 11 is 1.41. The van der Waals surface area contributed by atoms with Crippen LogP contribution in [0.1, 0.15) is 32.9 Å². The molecule has 2 heterocycles. The number of anilines is 2. The number of hydrogen-bond donors (Lipinski definition) is 3. The Bertz CT molecular complexity index is 924. The molecule has 8 nitrogen and oxygen atoms in total. The third-order valence-electron chi connectivity index (χ3n) is 4.40. The van der Waals surface area contributed by atoms with Gasteiger partial charge in [-0.3, -0.25) is 19.3 Å². The van der Waals surface area contributed by atoms with E-state index in [-0.39, 0.29) is 24.9 Å². The van der Waals surface area contributed by atoms with Crippen molar-refractivity contribution in [1.82, 2.24) is 9.88 Å². The number of amides is 3. The molecule has 1 aliphatic rings. The molecule has 0 radical (unpaired) electrons. The van der Waals surface area contributed by atoms with Gasteiger partial charge in [-0.05, 0) is 50.9 Å². The molecule has 0 atom stereocenters. The first kappa shape index (κ1) is 20.0. The highest BCUT2D eigenvalue weighted by Crippen LogP contribution is 2.38. The summed E-state index contributed by atoms with van der Waals surface area (Å²) in [6, 6.07) is 5.36. The smallest absolute Gasteiger partial charge is 0.251 e. The topological polar surface area (TPSA) is 117 Å². The first-order valence-electron chi connectivity index (χ1n) is 8.99. The number of likely N-dealkylation sites (N-methyl/N-ethyl adjacent to an activating group) is 1. The lowest BCUT2D eigenvalue weighted by Crippen LogP contribution is -2.36. The molecule has 0 aromatic carbocycles. The Balaban J connectivity index is 1.55. The van der Waals surface area contributed by atoms with E-state index in [9.17, 15) is 14.4 Å². The molecular formula is C19H23N5O3S. The largest absolute Gasteiger partial charge is 0.365 e. The number of fused-ring (bicyclic) bond motifs is 1. The minimum atomic E-state index is -0.520. The molecule has 0 fully saturated rings. The maximum absolute atomic E-state index is 12.4. The summed E-state index contributed by atoms with van der Waals surface area (Å²) in [7, 11) is 1.67. The lowest BCUT2D eigenvalue weighted by Gasteiger charge is -2.16. The Hall–Kier alpha value is -2.78. The third kappa shape index (κ3) is 4.73. The maximum Gasteiger partial charge on any atom is 0.251 e. The fourth-order valence-corrected chi connectivity index (χ4v) is 4.57. The van der Waals surface area contributed by atoms with Gasteiger partial charge < -0.3 is 16.4 Å². The van der Waals surface area contributed by atoms with Crippen LogP contribution < -0.4 is 16.4 Å². The van der Waals surface area contributed by atoms with Crippen molar-refractivity contribution in [2.45, 2.75) is 26.2 Å². The van der Waals surface area contributed by atoms with Gasteiger partial charge in [-0.15, -0.1) is 11.3 Å². The van der Waals surface area contributed by atoms with Crippen LogP contribution in [0.3, 0.4) is 0 Å². The Morgan fingerprint density at radius 2 is 1.89 bits per heavy atom. The highest BCUT2D eigenvalue weighted by atomic mass is 32.1. The number of thiophene rings is 1. The summed E-state index contributed by atoms with van der Waals surface area (Å²) < 4.78 is 0. The number of aryl methyl sites for hydroxylation is 2. The van der Waals surface area contributed by atoms with Gasteiger partial charge in [0, 0.05) is 10.6 Å². The zero-order valence-electron chi connectivity index (χ0n) is 15.9. The number of aromatic nitrogens is 1. The maximum atomic E-state index is 12.4. The first-order valence-corrected chi connectivity index (χ1v) is 9.81. The van der Waals surface area contributed by atoms with E-state index in [0.717, 1.165) is 35.4 Å². The van der Waals surface area contributed by atoms with Crippen LogP contribution in [0.2, 0.25) is 0 Å². The molecule has 2 aromatic heterocycles. The minimum Gasteiger partial charge on any atom is -0.365 e. The Kier molecular flexibility index (Phi) is 6.05. The second kappa shape index (κ2) is 8.49. The van der Waals surface area contributed by atoms with Crippen molar-refractivity contribution in [2.75, 3.05) is 30.8 Å². The molecule has 28 heavy (non-hydrogen) atoms. The SMILES string of the molecule is Cc1cccc(NC(=O)CN(C)CC(=O)Nc2sc3c(c2C(N)=O)CCC3)n1. The molecule has 0 spiro atoms. The summed E-state index contributed by atoms with van der Waals surface area (Å²) in [5.74, 6) is -0.608. The van der Waals surface area contributed by atoms with Gasteiger partial charge in [0.05, 0.1) is 18.7 Å². The number of pyridine rings is 1. The van der Waals surface area contributed by atoms with E-state index >= 15 is 0 Å². The number of rotatable bonds is 7. The standard InChI is InChI=1S/C19H23N5O3S/c1-11-5-3-8-14(21-11)22-15(25)9-24(2)10-16(26)23-19-17(18(20)27)12-6-4-7-13(12)28-19/h3,5,8H,4,6-7,9-10H2,1-2H3,(H2,20,27)(H,23,26)(H,21,22,25). The lowest BCUT2D eigenvalue weighted by atomic mass is 10.1. The third-order valence-corrected chi connectivity index (χ3v) is 5.61. The molecule has 148 valence electrons. The molecule has 1 aliphatic carbocycles. The number of hydrogen-bond acceptors (Lipinski definition) is 6. The van der Waals surface area contributed by atoms with Gasteiger partial charge in [0.2, 0.25) is 11.8 Å². The highest BCUT2D eigenvalue weighted by Gasteiger charge is 2.26. The van der Waals surface area contributed by atoms with Crippen LogP contribution in [0.5, 0.6) is 0 Å². The summed E-state index contributed by atoms with van der Waals surface area (Å²) in [4.78, 5) is 43.2. The van der Waals surface area contributed by atoms with Crippen molar-refractivity contribution in [3.8, 4) is 0 Å². The first-order chi connectivity index (χ1) is 13.3. The van der Waals surface area contributed by atoms with Gasteiger partial charge in [0.25, 0.3) is 5.91 Å². The van der Waals surface area contributed by atoms with Crippen LogP contribution >= 0.6 is 11.3 Å². The van der Waals surface area contributed by atoms with E-state index in [0.29, 0.717) is 16.4 Å². The average Bonchev–Trinajstić information content (AvgIpc) is 3.14. The Morgan fingerprint density at radius 3 is 2.57 bits per heavy atom. The van der Waals surface area contributed by atoms with Gasteiger partial charge in [0.15, 0.2) is 0 Å². The molecule has 3 rings (SSSR count). The van der Waals surface area contributed by atoms with Crippen LogP contribution in [-0.4, -0.2) is 47.7 Å². The molecule has 3 amide bonds. The van der Waals surface area contributed by atoms with Gasteiger partial charge in [-0.25, -0.2) is 4.98 Å². The number of nitrogens with one attached hydrogen (secondary N) is 2. The van der Waals surface area contributed by atoms with Gasteiger partial charge >= 0.3 is 0 Å². The predicted molar refractivity (Wildman–Crippen MR) is 109 cm³/mol. The zero-order valence-corrected chi connectivity index (χ0v) is 16.7. The zero-order chi connectivity index (χ0) is 20.3. The van der Waals surface area contributed by atoms with E-state index < -0.39 is 5.91 Å².